The van der Waals surface area contributed by atoms with Gasteiger partial charge in [0.1, 0.15) is 11.8 Å². The second-order valence-corrected chi connectivity index (χ2v) is 7.72. The van der Waals surface area contributed by atoms with Gasteiger partial charge in [-0.05, 0) is 17.5 Å². The van der Waals surface area contributed by atoms with Gasteiger partial charge in [0.25, 0.3) is 11.6 Å². The molecule has 0 aromatic heterocycles. The number of nitro benzene ring substituents is 1. The lowest BCUT2D eigenvalue weighted by atomic mass is 9.93. The smallest absolute Gasteiger partial charge is 0.279 e. The molecule has 7 nitrogen and oxygen atoms in total. The molecule has 0 bridgehead atoms. The van der Waals surface area contributed by atoms with Crippen LogP contribution < -0.4 is 15.4 Å². The zero-order valence-corrected chi connectivity index (χ0v) is 17.6. The number of rotatable bonds is 9. The summed E-state index contributed by atoms with van der Waals surface area (Å²) in [6.45, 7) is 8.83. The Morgan fingerprint density at radius 3 is 2.24 bits per heavy atom. The zero-order chi connectivity index (χ0) is 21.6. The average molecular weight is 400 g/mol. The van der Waals surface area contributed by atoms with Gasteiger partial charge >= 0.3 is 0 Å². The van der Waals surface area contributed by atoms with E-state index in [-0.39, 0.29) is 29.9 Å². The van der Waals surface area contributed by atoms with E-state index in [1.807, 2.05) is 5.32 Å². The highest BCUT2D eigenvalue weighted by Gasteiger charge is 2.21. The second kappa shape index (κ2) is 10.0. The molecular weight excluding hydrogens is 370 g/mol. The molecule has 1 amide bonds. The number of methoxy groups -OCH3 is 1. The lowest BCUT2D eigenvalue weighted by Crippen LogP contribution is -2.88. The lowest BCUT2D eigenvalue weighted by molar-refractivity contribution is -0.692. The van der Waals surface area contributed by atoms with E-state index >= 15 is 0 Å². The summed E-state index contributed by atoms with van der Waals surface area (Å²) in [5, 5.41) is 15.7. The van der Waals surface area contributed by atoms with E-state index in [9.17, 15) is 14.9 Å². The van der Waals surface area contributed by atoms with Crippen molar-refractivity contribution in [3.05, 3.63) is 63.7 Å². The summed E-state index contributed by atoms with van der Waals surface area (Å²) >= 11 is 0. The first kappa shape index (κ1) is 22.4. The summed E-state index contributed by atoms with van der Waals surface area (Å²) in [5.41, 5.74) is 2.80. The summed E-state index contributed by atoms with van der Waals surface area (Å²) in [5.74, 6) is 0.897. The van der Waals surface area contributed by atoms with Crippen LogP contribution in [0, 0.1) is 16.0 Å². The molecule has 2 rings (SSSR count). The first-order valence-electron chi connectivity index (χ1n) is 9.78. The predicted molar refractivity (Wildman–Crippen MR) is 113 cm³/mol. The number of nitro groups is 1. The van der Waals surface area contributed by atoms with Gasteiger partial charge in [0.05, 0.1) is 23.8 Å². The van der Waals surface area contributed by atoms with Crippen molar-refractivity contribution in [3.8, 4) is 5.75 Å². The fraction of sp³-hybridized carbons (Fsp3) is 0.409. The molecule has 2 aromatic carbocycles. The van der Waals surface area contributed by atoms with E-state index in [1.54, 1.807) is 0 Å². The Bertz CT molecular complexity index is 848. The number of carbonyl (C=O) groups excluding carboxylic acids is 1. The van der Waals surface area contributed by atoms with Crippen LogP contribution in [0.15, 0.2) is 42.5 Å². The Labute approximate surface area is 171 Å². The molecule has 0 heterocycles. The fourth-order valence-electron chi connectivity index (χ4n) is 3.23. The summed E-state index contributed by atoms with van der Waals surface area (Å²) in [6.07, 6.45) is 0. The Kier molecular flexibility index (Phi) is 7.73. The van der Waals surface area contributed by atoms with Crippen molar-refractivity contribution >= 4 is 17.3 Å². The number of hydrogen-bond acceptors (Lipinski definition) is 4. The third kappa shape index (κ3) is 6.02. The number of hydrogen-bond donors (Lipinski definition) is 2. The van der Waals surface area contributed by atoms with Crippen LogP contribution in [-0.2, 0) is 4.79 Å². The normalized spacial score (nSPS) is 12.1. The van der Waals surface area contributed by atoms with Gasteiger partial charge in [-0.2, -0.15) is 0 Å². The Hall–Kier alpha value is -2.93. The van der Waals surface area contributed by atoms with Crippen LogP contribution in [0.4, 0.5) is 11.4 Å². The van der Waals surface area contributed by atoms with Gasteiger partial charge in [-0.15, -0.1) is 0 Å². The molecule has 7 heteroatoms. The van der Waals surface area contributed by atoms with Crippen LogP contribution in [0.2, 0.25) is 0 Å². The number of nitrogens with two attached hydrogens (primary N) is 1. The van der Waals surface area contributed by atoms with Gasteiger partial charge in [-0.25, -0.2) is 0 Å². The molecule has 29 heavy (non-hydrogen) atoms. The summed E-state index contributed by atoms with van der Waals surface area (Å²) in [4.78, 5) is 22.9. The first-order valence-corrected chi connectivity index (χ1v) is 9.78. The van der Waals surface area contributed by atoms with Crippen molar-refractivity contribution in [2.45, 2.75) is 39.7 Å². The van der Waals surface area contributed by atoms with Crippen molar-refractivity contribution < 1.29 is 19.8 Å². The van der Waals surface area contributed by atoms with E-state index in [2.05, 4.69) is 57.3 Å². The molecule has 1 atom stereocenters. The predicted octanol–water partition coefficient (Wildman–Crippen LogP) is 3.63. The maximum absolute atomic E-state index is 12.5. The van der Waals surface area contributed by atoms with E-state index in [0.717, 1.165) is 0 Å². The summed E-state index contributed by atoms with van der Waals surface area (Å²) < 4.78 is 5.17. The van der Waals surface area contributed by atoms with Gasteiger partial charge in [-0.1, -0.05) is 52.0 Å². The first-order chi connectivity index (χ1) is 13.7. The van der Waals surface area contributed by atoms with Gasteiger partial charge in [-0.3, -0.25) is 14.9 Å². The van der Waals surface area contributed by atoms with E-state index in [1.165, 1.54) is 36.4 Å². The molecule has 0 radical (unpaired) electrons. The number of amides is 1. The molecule has 0 spiro atoms. The van der Waals surface area contributed by atoms with Gasteiger partial charge in [0, 0.05) is 17.5 Å². The van der Waals surface area contributed by atoms with Crippen molar-refractivity contribution in [1.29, 1.82) is 0 Å². The number of quaternary nitrogens is 1. The van der Waals surface area contributed by atoms with Crippen molar-refractivity contribution in [3.63, 3.8) is 0 Å². The molecule has 2 aromatic rings. The van der Waals surface area contributed by atoms with E-state index in [0.29, 0.717) is 17.5 Å². The minimum atomic E-state index is -0.500. The summed E-state index contributed by atoms with van der Waals surface area (Å²) in [6, 6.07) is 12.8. The fourth-order valence-corrected chi connectivity index (χ4v) is 3.23. The standard InChI is InChI=1S/C22H29N3O4/c1-14(2)16-6-8-17(9-7-16)22(15(3)4)23-13-21(26)24-19-11-10-18(25(27)28)12-20(19)29-5/h6-12,14-15,22-23H,13H2,1-5H3,(H,24,26)/p+1/t22-/m0/s1. The largest absolute Gasteiger partial charge is 0.494 e. The molecule has 0 fully saturated rings. The van der Waals surface area contributed by atoms with Gasteiger partial charge < -0.3 is 15.4 Å². The average Bonchev–Trinajstić information content (AvgIpc) is 2.68. The van der Waals surface area contributed by atoms with Gasteiger partial charge in [0.2, 0.25) is 0 Å². The maximum Gasteiger partial charge on any atom is 0.279 e. The maximum atomic E-state index is 12.5. The number of ether oxygens (including phenoxy) is 1. The Morgan fingerprint density at radius 1 is 1.10 bits per heavy atom. The summed E-state index contributed by atoms with van der Waals surface area (Å²) in [7, 11) is 1.41. The highest BCUT2D eigenvalue weighted by Crippen LogP contribution is 2.29. The number of anilines is 1. The molecular formula is C22H30N3O4+. The van der Waals surface area contributed by atoms with Crippen molar-refractivity contribution in [1.82, 2.24) is 0 Å². The lowest BCUT2D eigenvalue weighted by Gasteiger charge is -2.20. The van der Waals surface area contributed by atoms with Crippen LogP contribution in [0.25, 0.3) is 0 Å². The molecule has 0 aliphatic heterocycles. The molecule has 156 valence electrons. The van der Waals surface area contributed by atoms with Crippen molar-refractivity contribution in [2.24, 2.45) is 5.92 Å². The van der Waals surface area contributed by atoms with Crippen LogP contribution in [0.5, 0.6) is 5.75 Å². The van der Waals surface area contributed by atoms with Crippen molar-refractivity contribution in [2.75, 3.05) is 19.0 Å². The molecule has 3 N–H and O–H groups in total. The molecule has 0 unspecified atom stereocenters. The van der Waals surface area contributed by atoms with E-state index in [4.69, 9.17) is 4.74 Å². The number of nitrogens with zero attached hydrogens (tertiary/aromatic N) is 1. The number of benzene rings is 2. The highest BCUT2D eigenvalue weighted by molar-refractivity contribution is 5.93. The minimum absolute atomic E-state index is 0.0869. The molecule has 0 aliphatic carbocycles. The van der Waals surface area contributed by atoms with Crippen LogP contribution >= 0.6 is 0 Å². The second-order valence-electron chi connectivity index (χ2n) is 7.72. The SMILES string of the molecule is COc1cc([N+](=O)[O-])ccc1NC(=O)C[NH2+][C@H](c1ccc(C(C)C)cc1)C(C)C. The number of non-ortho nitro benzene ring substituents is 1. The highest BCUT2D eigenvalue weighted by atomic mass is 16.6. The number of carbonyl (C=O) groups is 1. The third-order valence-corrected chi connectivity index (χ3v) is 4.93. The Balaban J connectivity index is 2.05. The molecule has 0 aliphatic rings. The van der Waals surface area contributed by atoms with Crippen LogP contribution in [0.3, 0.4) is 0 Å². The van der Waals surface area contributed by atoms with Crippen LogP contribution in [0.1, 0.15) is 50.8 Å². The number of nitrogens with one attached hydrogen (secondary N) is 1. The molecule has 0 saturated carbocycles. The molecule has 0 saturated heterocycles. The zero-order valence-electron chi connectivity index (χ0n) is 17.6. The van der Waals surface area contributed by atoms with Gasteiger partial charge in [0.15, 0.2) is 6.54 Å². The third-order valence-electron chi connectivity index (χ3n) is 4.93. The van der Waals surface area contributed by atoms with E-state index < -0.39 is 4.92 Å². The monoisotopic (exact) mass is 400 g/mol. The topological polar surface area (TPSA) is 98.1 Å². The van der Waals surface area contributed by atoms with Crippen LogP contribution in [-0.4, -0.2) is 24.5 Å². The Morgan fingerprint density at radius 2 is 1.72 bits per heavy atom. The minimum Gasteiger partial charge on any atom is -0.494 e. The quantitative estimate of drug-likeness (QED) is 0.496.